The molecule has 1 saturated heterocycles. The van der Waals surface area contributed by atoms with Gasteiger partial charge in [0.2, 0.25) is 0 Å². The Morgan fingerprint density at radius 3 is 1.55 bits per heavy atom. The van der Waals surface area contributed by atoms with Crippen LogP contribution in [-0.2, 0) is 9.59 Å². The molecule has 4 rings (SSSR count). The number of rotatable bonds is 3. The van der Waals surface area contributed by atoms with Gasteiger partial charge in [-0.15, -0.1) is 0 Å². The predicted octanol–water partition coefficient (Wildman–Crippen LogP) is 4.59. The highest BCUT2D eigenvalue weighted by Gasteiger charge is 2.43. The summed E-state index contributed by atoms with van der Waals surface area (Å²) >= 11 is 0. The minimum Gasteiger partial charge on any atom is -0.507 e. The minimum atomic E-state index is -0.734. The summed E-state index contributed by atoms with van der Waals surface area (Å²) in [6.07, 6.45) is 1.46. The molecule has 0 bridgehead atoms. The summed E-state index contributed by atoms with van der Waals surface area (Å²) in [4.78, 5) is 41.9. The van der Waals surface area contributed by atoms with Gasteiger partial charge in [0.1, 0.15) is 11.3 Å². The molecule has 0 aliphatic carbocycles. The second kappa shape index (κ2) is 7.91. The summed E-state index contributed by atoms with van der Waals surface area (Å²) in [7, 11) is 0. The number of hydrogen-bond donors (Lipinski definition) is 1. The van der Waals surface area contributed by atoms with Crippen molar-refractivity contribution in [2.75, 3.05) is 9.80 Å². The number of phenols is 1. The lowest BCUT2D eigenvalue weighted by atomic mass is 10.0. The Labute approximate surface area is 179 Å². The number of phenolic OH excluding ortho intramolecular Hbond substituents is 1. The summed E-state index contributed by atoms with van der Waals surface area (Å²) in [6.45, 7) is 3.48. The third kappa shape index (κ3) is 3.59. The first kappa shape index (κ1) is 20.1. The summed E-state index contributed by atoms with van der Waals surface area (Å²) in [6, 6.07) is 19.6. The van der Waals surface area contributed by atoms with E-state index in [4.69, 9.17) is 0 Å². The Bertz CT molecular complexity index is 1130. The lowest BCUT2D eigenvalue weighted by Gasteiger charge is -2.34. The van der Waals surface area contributed by atoms with Crippen LogP contribution in [0.2, 0.25) is 0 Å². The lowest BCUT2D eigenvalue weighted by molar-refractivity contribution is -0.121. The van der Waals surface area contributed by atoms with Gasteiger partial charge >= 0.3 is 6.03 Å². The molecule has 1 heterocycles. The molecule has 0 radical (unpaired) electrons. The monoisotopic (exact) mass is 412 g/mol. The number of hydrogen-bond acceptors (Lipinski definition) is 4. The van der Waals surface area contributed by atoms with Gasteiger partial charge in [0.25, 0.3) is 11.8 Å². The van der Waals surface area contributed by atoms with E-state index < -0.39 is 17.8 Å². The fourth-order valence-corrected chi connectivity index (χ4v) is 3.58. The molecule has 0 atom stereocenters. The van der Waals surface area contributed by atoms with Crippen molar-refractivity contribution in [3.8, 4) is 5.75 Å². The van der Waals surface area contributed by atoms with E-state index in [0.717, 1.165) is 9.80 Å². The van der Waals surface area contributed by atoms with Gasteiger partial charge in [-0.3, -0.25) is 9.59 Å². The third-order valence-electron chi connectivity index (χ3n) is 5.10. The molecule has 0 aromatic heterocycles. The van der Waals surface area contributed by atoms with E-state index in [2.05, 4.69) is 0 Å². The first-order chi connectivity index (χ1) is 14.9. The Morgan fingerprint density at radius 2 is 1.13 bits per heavy atom. The number of aryl methyl sites for hydroxylation is 2. The standard InChI is InChI=1S/C25H20N2O4/c1-16-13-18(14-17(2)22(16)28)15-21-23(29)26(19-9-5-3-6-10-19)25(31)27(24(21)30)20-11-7-4-8-12-20/h3-15,28H,1-2H3. The average Bonchev–Trinajstić information content (AvgIpc) is 2.76. The summed E-state index contributed by atoms with van der Waals surface area (Å²) in [5.41, 5.74) is 2.43. The van der Waals surface area contributed by atoms with Crippen molar-refractivity contribution in [3.63, 3.8) is 0 Å². The lowest BCUT2D eigenvalue weighted by Crippen LogP contribution is -2.57. The summed E-state index contributed by atoms with van der Waals surface area (Å²) in [5, 5.41) is 10.0. The van der Waals surface area contributed by atoms with Crippen molar-refractivity contribution in [2.45, 2.75) is 13.8 Å². The van der Waals surface area contributed by atoms with Crippen molar-refractivity contribution in [1.82, 2.24) is 0 Å². The van der Waals surface area contributed by atoms with Crippen LogP contribution in [0.1, 0.15) is 16.7 Å². The molecule has 154 valence electrons. The van der Waals surface area contributed by atoms with Crippen molar-refractivity contribution < 1.29 is 19.5 Å². The molecular formula is C25H20N2O4. The number of urea groups is 1. The molecule has 4 amide bonds. The molecule has 0 unspecified atom stereocenters. The molecule has 3 aromatic rings. The van der Waals surface area contributed by atoms with Crippen LogP contribution in [0.3, 0.4) is 0 Å². The zero-order valence-electron chi connectivity index (χ0n) is 17.1. The molecule has 1 fully saturated rings. The molecular weight excluding hydrogens is 392 g/mol. The fraction of sp³-hybridized carbons (Fsp3) is 0.0800. The maximum absolute atomic E-state index is 13.3. The van der Waals surface area contributed by atoms with Gasteiger partial charge < -0.3 is 5.11 Å². The number of aromatic hydroxyl groups is 1. The largest absolute Gasteiger partial charge is 0.507 e. The zero-order chi connectivity index (χ0) is 22.1. The van der Waals surface area contributed by atoms with E-state index in [1.54, 1.807) is 86.6 Å². The minimum absolute atomic E-state index is 0.142. The maximum Gasteiger partial charge on any atom is 0.343 e. The average molecular weight is 412 g/mol. The second-order valence-electron chi connectivity index (χ2n) is 7.30. The Balaban J connectivity index is 1.88. The topological polar surface area (TPSA) is 77.9 Å². The number of para-hydroxylation sites is 2. The van der Waals surface area contributed by atoms with E-state index in [-0.39, 0.29) is 11.3 Å². The van der Waals surface area contributed by atoms with E-state index in [1.165, 1.54) is 6.08 Å². The molecule has 3 aromatic carbocycles. The second-order valence-corrected chi connectivity index (χ2v) is 7.30. The van der Waals surface area contributed by atoms with Crippen molar-refractivity contribution in [2.24, 2.45) is 0 Å². The molecule has 6 nitrogen and oxygen atoms in total. The van der Waals surface area contributed by atoms with Crippen LogP contribution in [0.15, 0.2) is 78.4 Å². The number of carbonyl (C=O) groups excluding carboxylic acids is 3. The summed E-state index contributed by atoms with van der Waals surface area (Å²) < 4.78 is 0. The quantitative estimate of drug-likeness (QED) is 0.504. The van der Waals surface area contributed by atoms with Gasteiger partial charge in [-0.25, -0.2) is 14.6 Å². The molecule has 0 spiro atoms. The number of benzene rings is 3. The Hall–Kier alpha value is -4.19. The first-order valence-electron chi connectivity index (χ1n) is 9.73. The van der Waals surface area contributed by atoms with Crippen LogP contribution in [0.25, 0.3) is 6.08 Å². The maximum atomic E-state index is 13.3. The molecule has 0 saturated carbocycles. The number of nitrogens with zero attached hydrogens (tertiary/aromatic N) is 2. The molecule has 1 N–H and O–H groups in total. The highest BCUT2D eigenvalue weighted by Crippen LogP contribution is 2.30. The van der Waals surface area contributed by atoms with E-state index >= 15 is 0 Å². The van der Waals surface area contributed by atoms with E-state index in [9.17, 15) is 19.5 Å². The molecule has 31 heavy (non-hydrogen) atoms. The molecule has 6 heteroatoms. The van der Waals surface area contributed by atoms with Crippen LogP contribution in [0.4, 0.5) is 16.2 Å². The van der Waals surface area contributed by atoms with Gasteiger partial charge in [-0.05, 0) is 73.0 Å². The number of amides is 4. The first-order valence-corrected chi connectivity index (χ1v) is 9.73. The number of anilines is 2. The number of imide groups is 2. The van der Waals surface area contributed by atoms with E-state index in [1.807, 2.05) is 0 Å². The number of barbiturate groups is 1. The van der Waals surface area contributed by atoms with Crippen molar-refractivity contribution in [1.29, 1.82) is 0 Å². The normalized spacial score (nSPS) is 14.3. The van der Waals surface area contributed by atoms with Crippen LogP contribution in [0, 0.1) is 13.8 Å². The van der Waals surface area contributed by atoms with Gasteiger partial charge in [-0.1, -0.05) is 36.4 Å². The van der Waals surface area contributed by atoms with Crippen LogP contribution >= 0.6 is 0 Å². The Morgan fingerprint density at radius 1 is 0.710 bits per heavy atom. The smallest absolute Gasteiger partial charge is 0.343 e. The highest BCUT2D eigenvalue weighted by molar-refractivity contribution is 6.46. The molecule has 1 aliphatic heterocycles. The van der Waals surface area contributed by atoms with Gasteiger partial charge in [-0.2, -0.15) is 0 Å². The zero-order valence-corrected chi connectivity index (χ0v) is 17.1. The van der Waals surface area contributed by atoms with Crippen LogP contribution < -0.4 is 9.80 Å². The van der Waals surface area contributed by atoms with E-state index in [0.29, 0.717) is 28.1 Å². The van der Waals surface area contributed by atoms with Gasteiger partial charge in [0, 0.05) is 0 Å². The number of carbonyl (C=O) groups is 3. The predicted molar refractivity (Wildman–Crippen MR) is 119 cm³/mol. The van der Waals surface area contributed by atoms with Crippen molar-refractivity contribution >= 4 is 35.3 Å². The summed E-state index contributed by atoms with van der Waals surface area (Å²) in [5.74, 6) is -1.23. The fourth-order valence-electron chi connectivity index (χ4n) is 3.58. The highest BCUT2D eigenvalue weighted by atomic mass is 16.3. The van der Waals surface area contributed by atoms with Gasteiger partial charge in [0.05, 0.1) is 11.4 Å². The molecule has 1 aliphatic rings. The SMILES string of the molecule is Cc1cc(C=C2C(=O)N(c3ccccc3)C(=O)N(c3ccccc3)C2=O)cc(C)c1O. The van der Waals surface area contributed by atoms with Crippen LogP contribution in [-0.4, -0.2) is 23.0 Å². The third-order valence-corrected chi connectivity index (χ3v) is 5.10. The van der Waals surface area contributed by atoms with Crippen LogP contribution in [0.5, 0.6) is 5.75 Å². The van der Waals surface area contributed by atoms with Gasteiger partial charge in [0.15, 0.2) is 0 Å². The van der Waals surface area contributed by atoms with Crippen molar-refractivity contribution in [3.05, 3.63) is 95.1 Å². The Kier molecular flexibility index (Phi) is 5.13.